The van der Waals surface area contributed by atoms with E-state index in [2.05, 4.69) is 83.3 Å². The number of benzene rings is 6. The molecule has 69 heavy (non-hydrogen) atoms. The average Bonchev–Trinajstić information content (AvgIpc) is 4.14. The second-order valence-electron chi connectivity index (χ2n) is 16.4. The van der Waals surface area contributed by atoms with Crippen molar-refractivity contribution in [2.75, 3.05) is 0 Å². The van der Waals surface area contributed by atoms with Gasteiger partial charge in [-0.1, -0.05) is 72.8 Å². The Morgan fingerprint density at radius 1 is 0.261 bits per heavy atom. The van der Waals surface area contributed by atoms with Crippen LogP contribution in [0.3, 0.4) is 0 Å². The summed E-state index contributed by atoms with van der Waals surface area (Å²) in [5.41, 5.74) is 12.8. The van der Waals surface area contributed by atoms with Gasteiger partial charge in [-0.05, 0) is 109 Å². The van der Waals surface area contributed by atoms with E-state index in [1.54, 1.807) is 18.6 Å². The van der Waals surface area contributed by atoms with Crippen molar-refractivity contribution in [1.29, 1.82) is 0 Å². The van der Waals surface area contributed by atoms with Crippen molar-refractivity contribution in [3.8, 4) is 85.4 Å². The summed E-state index contributed by atoms with van der Waals surface area (Å²) in [7, 11) is 0. The van der Waals surface area contributed by atoms with E-state index in [1.165, 1.54) is 0 Å². The lowest BCUT2D eigenvalue weighted by atomic mass is 10.1. The molecule has 0 amide bonds. The lowest BCUT2D eigenvalue weighted by Gasteiger charge is -2.18. The molecule has 7 heterocycles. The summed E-state index contributed by atoms with van der Waals surface area (Å²) >= 11 is 0. The monoisotopic (exact) mass is 888 g/mol. The van der Waals surface area contributed by atoms with Crippen LogP contribution in [0.2, 0.25) is 0 Å². The van der Waals surface area contributed by atoms with Crippen molar-refractivity contribution in [1.82, 2.24) is 58.6 Å². The van der Waals surface area contributed by atoms with Crippen molar-refractivity contribution in [2.24, 2.45) is 0 Å². The molecule has 13 aromatic rings. The first-order valence-corrected chi connectivity index (χ1v) is 22.4. The van der Waals surface area contributed by atoms with Crippen LogP contribution in [-0.2, 0) is 0 Å². The fraction of sp³-hybridized carbons (Fsp3) is 0. The van der Waals surface area contributed by atoms with Crippen LogP contribution in [0.25, 0.3) is 118 Å². The van der Waals surface area contributed by atoms with Gasteiger partial charge in [0.05, 0.1) is 50.2 Å². The molecule has 12 heteroatoms. The minimum atomic E-state index is 0.469. The Labute approximate surface area is 394 Å². The topological polar surface area (TPSA) is 131 Å². The van der Waals surface area contributed by atoms with E-state index in [4.69, 9.17) is 29.9 Å². The molecule has 0 N–H and O–H groups in total. The van der Waals surface area contributed by atoms with Crippen molar-refractivity contribution in [2.45, 2.75) is 0 Å². The smallest absolute Gasteiger partial charge is 0.166 e. The van der Waals surface area contributed by atoms with Gasteiger partial charge in [0.1, 0.15) is 17.5 Å². The van der Waals surface area contributed by atoms with Crippen molar-refractivity contribution in [3.63, 3.8) is 0 Å². The quantitative estimate of drug-likeness (QED) is 0.139. The molecule has 0 saturated heterocycles. The largest absolute Gasteiger partial charge is 0.292 e. The maximum atomic E-state index is 5.47. The standard InChI is InChI=1S/C57H36N12/c1-7-25-46(67-49-28-10-4-22-43(49)61-55(67)37-16-13-31-58-34-37)40(19-1)52-64-53(41-20-2-8-26-47(41)68-50-29-11-5-23-44(50)62-56(68)38-17-14-32-59-35-38)66-54(65-52)42-21-3-9-27-48(42)69-51-30-12-6-24-45(51)63-57(69)39-18-15-33-60-36-39/h1-36H. The molecule has 0 bridgehead atoms. The summed E-state index contributed by atoms with van der Waals surface area (Å²) in [4.78, 5) is 45.3. The van der Waals surface area contributed by atoms with Crippen LogP contribution < -0.4 is 0 Å². The minimum Gasteiger partial charge on any atom is -0.292 e. The number of hydrogen-bond acceptors (Lipinski definition) is 9. The predicted molar refractivity (Wildman–Crippen MR) is 270 cm³/mol. The second-order valence-corrected chi connectivity index (χ2v) is 16.4. The molecule has 6 aromatic carbocycles. The molecular weight excluding hydrogens is 853 g/mol. The first-order chi connectivity index (χ1) is 34.2. The van der Waals surface area contributed by atoms with Crippen LogP contribution in [0.5, 0.6) is 0 Å². The van der Waals surface area contributed by atoms with Crippen LogP contribution in [0.4, 0.5) is 0 Å². The Hall–Kier alpha value is -9.81. The predicted octanol–water partition coefficient (Wildman–Crippen LogP) is 12.1. The van der Waals surface area contributed by atoms with Crippen LogP contribution in [-0.4, -0.2) is 58.6 Å². The molecule has 0 aliphatic rings. The molecule has 12 nitrogen and oxygen atoms in total. The van der Waals surface area contributed by atoms with Crippen molar-refractivity contribution in [3.05, 3.63) is 219 Å². The molecular formula is C57H36N12. The highest BCUT2D eigenvalue weighted by molar-refractivity contribution is 5.89. The number of para-hydroxylation sites is 9. The van der Waals surface area contributed by atoms with Gasteiger partial charge in [0, 0.05) is 70.6 Å². The molecule has 0 spiro atoms. The van der Waals surface area contributed by atoms with E-state index < -0.39 is 0 Å². The lowest BCUT2D eigenvalue weighted by molar-refractivity contribution is 1.03. The van der Waals surface area contributed by atoms with E-state index >= 15 is 0 Å². The number of nitrogens with zero attached hydrogens (tertiary/aromatic N) is 12. The van der Waals surface area contributed by atoms with Gasteiger partial charge < -0.3 is 0 Å². The zero-order valence-electron chi connectivity index (χ0n) is 36.7. The average molecular weight is 889 g/mol. The molecule has 0 saturated carbocycles. The van der Waals surface area contributed by atoms with Gasteiger partial charge in [-0.25, -0.2) is 29.9 Å². The molecule has 13 rings (SSSR count). The fourth-order valence-corrected chi connectivity index (χ4v) is 9.19. The highest BCUT2D eigenvalue weighted by Crippen LogP contribution is 2.39. The van der Waals surface area contributed by atoms with Gasteiger partial charge in [-0.15, -0.1) is 0 Å². The summed E-state index contributed by atoms with van der Waals surface area (Å²) in [5.74, 6) is 3.63. The van der Waals surface area contributed by atoms with Crippen LogP contribution in [0, 0.1) is 0 Å². The van der Waals surface area contributed by atoms with Gasteiger partial charge in [0.2, 0.25) is 0 Å². The van der Waals surface area contributed by atoms with Gasteiger partial charge in [0.15, 0.2) is 17.5 Å². The zero-order valence-corrected chi connectivity index (χ0v) is 36.7. The van der Waals surface area contributed by atoms with Crippen molar-refractivity contribution < 1.29 is 0 Å². The lowest BCUT2D eigenvalue weighted by Crippen LogP contribution is -2.08. The van der Waals surface area contributed by atoms with Gasteiger partial charge in [0.25, 0.3) is 0 Å². The van der Waals surface area contributed by atoms with E-state index in [0.29, 0.717) is 17.5 Å². The Morgan fingerprint density at radius 3 is 0.855 bits per heavy atom. The highest BCUT2D eigenvalue weighted by atomic mass is 15.1. The third-order valence-electron chi connectivity index (χ3n) is 12.2. The molecule has 7 aromatic heterocycles. The molecule has 0 aliphatic heterocycles. The number of imidazole rings is 3. The minimum absolute atomic E-state index is 0.469. The molecule has 0 fully saturated rings. The van der Waals surface area contributed by atoms with Gasteiger partial charge in [-0.3, -0.25) is 28.7 Å². The van der Waals surface area contributed by atoms with Gasteiger partial charge >= 0.3 is 0 Å². The number of fused-ring (bicyclic) bond motifs is 3. The van der Waals surface area contributed by atoms with E-state index in [-0.39, 0.29) is 0 Å². The van der Waals surface area contributed by atoms with Crippen LogP contribution in [0.15, 0.2) is 219 Å². The highest BCUT2D eigenvalue weighted by Gasteiger charge is 2.25. The first-order valence-electron chi connectivity index (χ1n) is 22.4. The summed E-state index contributed by atoms with van der Waals surface area (Å²) in [5, 5.41) is 0. The second kappa shape index (κ2) is 16.6. The number of rotatable bonds is 9. The van der Waals surface area contributed by atoms with Crippen LogP contribution >= 0.6 is 0 Å². The summed E-state index contributed by atoms with van der Waals surface area (Å²) in [6.45, 7) is 0. The third-order valence-corrected chi connectivity index (χ3v) is 12.2. The number of pyridine rings is 3. The number of hydrogen-bond donors (Lipinski definition) is 0. The Balaban J connectivity index is 1.10. The Bertz CT molecular complexity index is 3600. The SMILES string of the molecule is c1cncc(-c2nc3ccccc3n2-c2ccccc2-c2nc(-c3ccccc3-n3c(-c4cccnc4)nc4ccccc43)nc(-c3ccccc3-n3c(-c4cccnc4)nc4ccccc43)n2)c1. The summed E-state index contributed by atoms with van der Waals surface area (Å²) in [6, 6.07) is 60.9. The molecule has 0 unspecified atom stereocenters. The number of aromatic nitrogens is 12. The van der Waals surface area contributed by atoms with Gasteiger partial charge in [-0.2, -0.15) is 0 Å². The maximum absolute atomic E-state index is 5.47. The molecule has 324 valence electrons. The maximum Gasteiger partial charge on any atom is 0.166 e. The molecule has 0 radical (unpaired) electrons. The normalized spacial score (nSPS) is 11.5. The van der Waals surface area contributed by atoms with Crippen LogP contribution in [0.1, 0.15) is 0 Å². The molecule has 0 aliphatic carbocycles. The van der Waals surface area contributed by atoms with Crippen molar-refractivity contribution >= 4 is 33.1 Å². The first kappa shape index (κ1) is 39.5. The Morgan fingerprint density at radius 2 is 0.551 bits per heavy atom. The summed E-state index contributed by atoms with van der Waals surface area (Å²) < 4.78 is 6.51. The van der Waals surface area contributed by atoms with E-state index in [9.17, 15) is 0 Å². The summed E-state index contributed by atoms with van der Waals surface area (Å²) in [6.07, 6.45) is 10.8. The zero-order chi connectivity index (χ0) is 45.7. The van der Waals surface area contributed by atoms with E-state index in [1.807, 2.05) is 146 Å². The van der Waals surface area contributed by atoms with E-state index in [0.717, 1.165) is 101 Å². The fourth-order valence-electron chi connectivity index (χ4n) is 9.19. The Kier molecular flexibility index (Phi) is 9.49. The third kappa shape index (κ3) is 6.82. The molecule has 0 atom stereocenters.